The minimum absolute atomic E-state index is 0.202. The minimum Gasteiger partial charge on any atom is -0.350 e. The van der Waals surface area contributed by atoms with Crippen LogP contribution in [0.1, 0.15) is 33.6 Å². The molecule has 3 nitrogen and oxygen atoms in total. The zero-order chi connectivity index (χ0) is 11.8. The van der Waals surface area contributed by atoms with E-state index < -0.39 is 5.41 Å². The molecule has 0 unspecified atom stereocenters. The van der Waals surface area contributed by atoms with Gasteiger partial charge in [0.05, 0.1) is 13.2 Å². The molecule has 0 spiro atoms. The van der Waals surface area contributed by atoms with Crippen molar-refractivity contribution in [3.8, 4) is 0 Å². The van der Waals surface area contributed by atoms with Crippen LogP contribution in [0, 0.1) is 11.3 Å². The highest BCUT2D eigenvalue weighted by Crippen LogP contribution is 2.38. The molecule has 90 valence electrons. The molecule has 0 radical (unpaired) electrons. The molecule has 0 amide bonds. The Bertz CT molecular complexity index is 315. The van der Waals surface area contributed by atoms with Crippen molar-refractivity contribution in [1.29, 1.82) is 0 Å². The Morgan fingerprint density at radius 2 is 2.06 bits per heavy atom. The summed E-state index contributed by atoms with van der Waals surface area (Å²) in [4.78, 5) is 12.1. The van der Waals surface area contributed by atoms with Crippen molar-refractivity contribution < 1.29 is 14.3 Å². The maximum Gasteiger partial charge on any atom is 0.159 e. The molecule has 1 aliphatic heterocycles. The lowest BCUT2D eigenvalue weighted by atomic mass is 9.71. The van der Waals surface area contributed by atoms with Crippen LogP contribution in [-0.4, -0.2) is 25.3 Å². The van der Waals surface area contributed by atoms with Gasteiger partial charge in [-0.25, -0.2) is 0 Å². The van der Waals surface area contributed by atoms with Gasteiger partial charge in [-0.05, 0) is 19.8 Å². The summed E-state index contributed by atoms with van der Waals surface area (Å²) in [5.41, 5.74) is 0.908. The first-order chi connectivity index (χ1) is 7.51. The molecule has 3 heteroatoms. The average Bonchev–Trinajstić information content (AvgIpc) is 2.67. The first kappa shape index (κ1) is 11.8. The third kappa shape index (κ3) is 2.20. The number of carbonyl (C=O) groups is 1. The normalized spacial score (nSPS) is 36.6. The Morgan fingerprint density at radius 1 is 1.44 bits per heavy atom. The lowest BCUT2D eigenvalue weighted by Crippen LogP contribution is -2.35. The van der Waals surface area contributed by atoms with Gasteiger partial charge in [-0.15, -0.1) is 0 Å². The van der Waals surface area contributed by atoms with Gasteiger partial charge in [-0.1, -0.05) is 18.6 Å². The van der Waals surface area contributed by atoms with Gasteiger partial charge in [0, 0.05) is 18.3 Å². The minimum atomic E-state index is -0.397. The van der Waals surface area contributed by atoms with Crippen LogP contribution in [0.15, 0.2) is 11.6 Å². The van der Waals surface area contributed by atoms with E-state index in [1.165, 1.54) is 5.57 Å². The van der Waals surface area contributed by atoms with E-state index in [2.05, 4.69) is 19.9 Å². The highest BCUT2D eigenvalue weighted by molar-refractivity contribution is 5.88. The molecule has 1 fully saturated rings. The average molecular weight is 224 g/mol. The fourth-order valence-electron chi connectivity index (χ4n) is 2.44. The number of hydrogen-bond acceptors (Lipinski definition) is 3. The predicted octanol–water partition coefficient (Wildman–Crippen LogP) is 2.31. The molecule has 0 aromatic rings. The second-order valence-corrected chi connectivity index (χ2v) is 5.21. The topological polar surface area (TPSA) is 35.5 Å². The quantitative estimate of drug-likeness (QED) is 0.675. The van der Waals surface area contributed by atoms with E-state index in [4.69, 9.17) is 9.47 Å². The lowest BCUT2D eigenvalue weighted by molar-refractivity contribution is -0.132. The zero-order valence-corrected chi connectivity index (χ0v) is 10.3. The summed E-state index contributed by atoms with van der Waals surface area (Å²) in [6, 6.07) is 0. The first-order valence-electron chi connectivity index (χ1n) is 5.97. The predicted molar refractivity (Wildman–Crippen MR) is 61.0 cm³/mol. The van der Waals surface area contributed by atoms with E-state index in [0.29, 0.717) is 37.8 Å². The molecule has 1 heterocycles. The standard InChI is InChI=1S/C13H20O3/c1-9-6-11(14)13(3,7-10(9)2)8-12-15-4-5-16-12/h7,9,12H,4-6,8H2,1-3H3/t9-,13+/m1/s1. The zero-order valence-electron chi connectivity index (χ0n) is 10.3. The maximum atomic E-state index is 12.1. The van der Waals surface area contributed by atoms with Gasteiger partial charge in [0.25, 0.3) is 0 Å². The van der Waals surface area contributed by atoms with Crippen LogP contribution in [0.4, 0.5) is 0 Å². The smallest absolute Gasteiger partial charge is 0.159 e. The molecule has 1 saturated heterocycles. The van der Waals surface area contributed by atoms with Crippen LogP contribution in [0.5, 0.6) is 0 Å². The Morgan fingerprint density at radius 3 is 2.69 bits per heavy atom. The van der Waals surface area contributed by atoms with Crippen LogP contribution < -0.4 is 0 Å². The van der Waals surface area contributed by atoms with Gasteiger partial charge in [0.15, 0.2) is 6.29 Å². The fraction of sp³-hybridized carbons (Fsp3) is 0.769. The number of ketones is 1. The van der Waals surface area contributed by atoms with Gasteiger partial charge in [0.2, 0.25) is 0 Å². The highest BCUT2D eigenvalue weighted by atomic mass is 16.7. The van der Waals surface area contributed by atoms with Crippen LogP contribution in [-0.2, 0) is 14.3 Å². The Labute approximate surface area is 96.8 Å². The molecule has 16 heavy (non-hydrogen) atoms. The van der Waals surface area contributed by atoms with Crippen LogP contribution in [0.2, 0.25) is 0 Å². The van der Waals surface area contributed by atoms with Crippen LogP contribution in [0.3, 0.4) is 0 Å². The number of ether oxygens (including phenoxy) is 2. The summed E-state index contributed by atoms with van der Waals surface area (Å²) in [5, 5.41) is 0. The molecule has 2 atom stereocenters. The summed E-state index contributed by atoms with van der Waals surface area (Å²) in [7, 11) is 0. The van der Waals surface area contributed by atoms with Crippen LogP contribution >= 0.6 is 0 Å². The molecular weight excluding hydrogens is 204 g/mol. The molecule has 0 bridgehead atoms. The molecular formula is C13H20O3. The third-order valence-electron chi connectivity index (χ3n) is 3.73. The van der Waals surface area contributed by atoms with Gasteiger partial charge in [-0.3, -0.25) is 4.79 Å². The molecule has 2 rings (SSSR count). The SMILES string of the molecule is CC1=C[C@@](C)(CC2OCCO2)C(=O)C[C@H]1C. The van der Waals surface area contributed by atoms with E-state index in [0.717, 1.165) is 0 Å². The summed E-state index contributed by atoms with van der Waals surface area (Å²) < 4.78 is 10.9. The molecule has 0 N–H and O–H groups in total. The maximum absolute atomic E-state index is 12.1. The number of hydrogen-bond donors (Lipinski definition) is 0. The van der Waals surface area contributed by atoms with E-state index in [9.17, 15) is 4.79 Å². The summed E-state index contributed by atoms with van der Waals surface area (Å²) in [5.74, 6) is 0.690. The Kier molecular flexibility index (Phi) is 3.17. The molecule has 0 aromatic heterocycles. The molecule has 0 saturated carbocycles. The van der Waals surface area contributed by atoms with E-state index >= 15 is 0 Å². The monoisotopic (exact) mass is 224 g/mol. The van der Waals surface area contributed by atoms with Gasteiger partial charge in [-0.2, -0.15) is 0 Å². The van der Waals surface area contributed by atoms with Crippen molar-refractivity contribution in [3.63, 3.8) is 0 Å². The molecule has 1 aliphatic carbocycles. The Hall–Kier alpha value is -0.670. The van der Waals surface area contributed by atoms with Crippen molar-refractivity contribution >= 4 is 5.78 Å². The third-order valence-corrected chi connectivity index (χ3v) is 3.73. The van der Waals surface area contributed by atoms with E-state index in [1.807, 2.05) is 6.92 Å². The molecule has 2 aliphatic rings. The molecule has 0 aromatic carbocycles. The number of Topliss-reactive ketones (excluding diaryl/α,β-unsaturated/α-hetero) is 1. The highest BCUT2D eigenvalue weighted by Gasteiger charge is 2.39. The van der Waals surface area contributed by atoms with Crippen molar-refractivity contribution in [1.82, 2.24) is 0 Å². The summed E-state index contributed by atoms with van der Waals surface area (Å²) in [6.07, 6.45) is 3.20. The number of allylic oxidation sites excluding steroid dienone is 2. The van der Waals surface area contributed by atoms with E-state index in [1.54, 1.807) is 0 Å². The first-order valence-corrected chi connectivity index (χ1v) is 5.97. The van der Waals surface area contributed by atoms with Gasteiger partial charge < -0.3 is 9.47 Å². The summed E-state index contributed by atoms with van der Waals surface area (Å²) in [6.45, 7) is 7.50. The van der Waals surface area contributed by atoms with Crippen LogP contribution in [0.25, 0.3) is 0 Å². The van der Waals surface area contributed by atoms with Crippen molar-refractivity contribution in [3.05, 3.63) is 11.6 Å². The van der Waals surface area contributed by atoms with Gasteiger partial charge in [0.1, 0.15) is 5.78 Å². The van der Waals surface area contributed by atoms with Crippen molar-refractivity contribution in [2.24, 2.45) is 11.3 Å². The second kappa shape index (κ2) is 4.30. The van der Waals surface area contributed by atoms with E-state index in [-0.39, 0.29) is 6.29 Å². The summed E-state index contributed by atoms with van der Waals surface area (Å²) >= 11 is 0. The lowest BCUT2D eigenvalue weighted by Gasteiger charge is -2.33. The number of carbonyl (C=O) groups excluding carboxylic acids is 1. The number of rotatable bonds is 2. The van der Waals surface area contributed by atoms with Gasteiger partial charge >= 0.3 is 0 Å². The van der Waals surface area contributed by atoms with Crippen molar-refractivity contribution in [2.45, 2.75) is 39.9 Å². The second-order valence-electron chi connectivity index (χ2n) is 5.21. The fourth-order valence-corrected chi connectivity index (χ4v) is 2.44. The Balaban J connectivity index is 2.12. The van der Waals surface area contributed by atoms with Crippen molar-refractivity contribution in [2.75, 3.05) is 13.2 Å². The largest absolute Gasteiger partial charge is 0.350 e.